The van der Waals surface area contributed by atoms with Gasteiger partial charge in [0.15, 0.2) is 11.4 Å². The van der Waals surface area contributed by atoms with E-state index in [1.807, 2.05) is 13.0 Å². The van der Waals surface area contributed by atoms with Crippen LogP contribution >= 0.6 is 15.9 Å². The molecular weight excluding hydrogens is 314 g/mol. The van der Waals surface area contributed by atoms with Crippen LogP contribution in [0.1, 0.15) is 26.5 Å². The number of aromatic carboxylic acids is 1. The minimum Gasteiger partial charge on any atom is -0.477 e. The third-order valence-corrected chi connectivity index (χ3v) is 2.83. The summed E-state index contributed by atoms with van der Waals surface area (Å²) in [6.45, 7) is 1.89. The van der Waals surface area contributed by atoms with E-state index in [4.69, 9.17) is 5.11 Å². The number of carboxylic acid groups (broad SMARTS) is 1. The molecule has 0 bridgehead atoms. The Labute approximate surface area is 117 Å². The zero-order valence-electron chi connectivity index (χ0n) is 9.90. The topological polar surface area (TPSA) is 95.1 Å². The predicted molar refractivity (Wildman–Crippen MR) is 72.4 cm³/mol. The zero-order chi connectivity index (χ0) is 14.0. The molecule has 0 saturated heterocycles. The number of carboxylic acids is 1. The number of nitrogens with zero attached hydrogens (tertiary/aromatic N) is 1. The standard InChI is InChI=1S/C12H10BrN3O3/c1-6-2-7(13)4-8(3-6)16-11(17)9-10(12(18)19)15-5-14-9/h2-5H,1H3,(H,14,15)(H,16,17)(H,18,19). The molecule has 0 unspecified atom stereocenters. The molecule has 0 spiro atoms. The highest BCUT2D eigenvalue weighted by atomic mass is 79.9. The van der Waals surface area contributed by atoms with Crippen LogP contribution in [0.25, 0.3) is 0 Å². The summed E-state index contributed by atoms with van der Waals surface area (Å²) >= 11 is 3.32. The van der Waals surface area contributed by atoms with Gasteiger partial charge in [0.05, 0.1) is 6.33 Å². The molecule has 1 aromatic heterocycles. The van der Waals surface area contributed by atoms with Crippen LogP contribution in [0.4, 0.5) is 5.69 Å². The molecule has 0 atom stereocenters. The maximum atomic E-state index is 12.0. The monoisotopic (exact) mass is 323 g/mol. The highest BCUT2D eigenvalue weighted by Crippen LogP contribution is 2.19. The third-order valence-electron chi connectivity index (χ3n) is 2.37. The quantitative estimate of drug-likeness (QED) is 0.808. The second kappa shape index (κ2) is 5.23. The average molecular weight is 324 g/mol. The number of hydrogen-bond acceptors (Lipinski definition) is 3. The fourth-order valence-electron chi connectivity index (χ4n) is 1.63. The number of hydrogen-bond donors (Lipinski definition) is 3. The molecule has 0 fully saturated rings. The molecule has 7 heteroatoms. The lowest BCUT2D eigenvalue weighted by molar-refractivity contribution is 0.0686. The minimum absolute atomic E-state index is 0.148. The van der Waals surface area contributed by atoms with Gasteiger partial charge in [-0.1, -0.05) is 15.9 Å². The van der Waals surface area contributed by atoms with Crippen LogP contribution in [-0.2, 0) is 0 Å². The molecule has 1 heterocycles. The second-order valence-corrected chi connectivity index (χ2v) is 4.82. The maximum absolute atomic E-state index is 12.0. The Kier molecular flexibility index (Phi) is 3.66. The van der Waals surface area contributed by atoms with E-state index in [9.17, 15) is 9.59 Å². The average Bonchev–Trinajstić information content (AvgIpc) is 2.75. The number of halogens is 1. The van der Waals surface area contributed by atoms with Crippen molar-refractivity contribution in [1.29, 1.82) is 0 Å². The van der Waals surface area contributed by atoms with Crippen molar-refractivity contribution in [1.82, 2.24) is 9.97 Å². The fourth-order valence-corrected chi connectivity index (χ4v) is 2.24. The van der Waals surface area contributed by atoms with Crippen molar-refractivity contribution in [3.05, 3.63) is 46.0 Å². The van der Waals surface area contributed by atoms with Crippen molar-refractivity contribution < 1.29 is 14.7 Å². The van der Waals surface area contributed by atoms with Crippen LogP contribution < -0.4 is 5.32 Å². The van der Waals surface area contributed by atoms with E-state index in [0.29, 0.717) is 5.69 Å². The normalized spacial score (nSPS) is 10.2. The lowest BCUT2D eigenvalue weighted by Gasteiger charge is -2.06. The lowest BCUT2D eigenvalue weighted by atomic mass is 10.2. The summed E-state index contributed by atoms with van der Waals surface area (Å²) in [7, 11) is 0. The van der Waals surface area contributed by atoms with Gasteiger partial charge in [-0.25, -0.2) is 9.78 Å². The molecule has 1 aromatic carbocycles. The molecule has 2 rings (SSSR count). The fraction of sp³-hybridized carbons (Fsp3) is 0.0833. The highest BCUT2D eigenvalue weighted by Gasteiger charge is 2.19. The number of anilines is 1. The molecule has 2 aromatic rings. The van der Waals surface area contributed by atoms with Gasteiger partial charge < -0.3 is 15.4 Å². The molecule has 0 aliphatic heterocycles. The van der Waals surface area contributed by atoms with Crippen LogP contribution in [0.15, 0.2) is 29.0 Å². The largest absolute Gasteiger partial charge is 0.477 e. The molecule has 0 aliphatic carbocycles. The molecule has 6 nitrogen and oxygen atoms in total. The number of aryl methyl sites for hydroxylation is 1. The summed E-state index contributed by atoms with van der Waals surface area (Å²) in [5.74, 6) is -1.80. The van der Waals surface area contributed by atoms with E-state index >= 15 is 0 Å². The number of benzene rings is 1. The first kappa shape index (κ1) is 13.3. The van der Waals surface area contributed by atoms with E-state index in [1.54, 1.807) is 12.1 Å². The molecule has 1 amide bonds. The SMILES string of the molecule is Cc1cc(Br)cc(NC(=O)c2nc[nH]c2C(=O)O)c1. The summed E-state index contributed by atoms with van der Waals surface area (Å²) in [5.41, 5.74) is 1.15. The molecule has 0 aliphatic rings. The van der Waals surface area contributed by atoms with Gasteiger partial charge in [-0.2, -0.15) is 0 Å². The van der Waals surface area contributed by atoms with E-state index in [-0.39, 0.29) is 11.4 Å². The first-order valence-corrected chi connectivity index (χ1v) is 6.12. The first-order valence-electron chi connectivity index (χ1n) is 5.32. The van der Waals surface area contributed by atoms with Gasteiger partial charge in [-0.05, 0) is 30.7 Å². The number of carbonyl (C=O) groups excluding carboxylic acids is 1. The second-order valence-electron chi connectivity index (χ2n) is 3.90. The molecular formula is C12H10BrN3O3. The number of nitrogens with one attached hydrogen (secondary N) is 2. The van der Waals surface area contributed by atoms with Crippen molar-refractivity contribution in [2.24, 2.45) is 0 Å². The summed E-state index contributed by atoms with van der Waals surface area (Å²) in [6, 6.07) is 5.39. The Morgan fingerprint density at radius 1 is 1.37 bits per heavy atom. The van der Waals surface area contributed by atoms with E-state index < -0.39 is 11.9 Å². The summed E-state index contributed by atoms with van der Waals surface area (Å²) in [6.07, 6.45) is 1.17. The van der Waals surface area contributed by atoms with Crippen molar-refractivity contribution in [2.75, 3.05) is 5.32 Å². The summed E-state index contributed by atoms with van der Waals surface area (Å²) in [5, 5.41) is 11.5. The number of carbonyl (C=O) groups is 2. The number of imidazole rings is 1. The van der Waals surface area contributed by atoms with Gasteiger partial charge >= 0.3 is 5.97 Å². The third kappa shape index (κ3) is 3.00. The van der Waals surface area contributed by atoms with Crippen molar-refractivity contribution >= 4 is 33.5 Å². The zero-order valence-corrected chi connectivity index (χ0v) is 11.5. The smallest absolute Gasteiger partial charge is 0.354 e. The van der Waals surface area contributed by atoms with Gasteiger partial charge in [0.25, 0.3) is 5.91 Å². The minimum atomic E-state index is -1.23. The number of amides is 1. The Hall–Kier alpha value is -2.15. The van der Waals surface area contributed by atoms with Crippen molar-refractivity contribution in [3.8, 4) is 0 Å². The number of aromatic nitrogens is 2. The highest BCUT2D eigenvalue weighted by molar-refractivity contribution is 9.10. The Balaban J connectivity index is 2.25. The van der Waals surface area contributed by atoms with E-state index in [2.05, 4.69) is 31.2 Å². The number of H-pyrrole nitrogens is 1. The summed E-state index contributed by atoms with van der Waals surface area (Å²) < 4.78 is 0.822. The van der Waals surface area contributed by atoms with Gasteiger partial charge in [-0.3, -0.25) is 4.79 Å². The van der Waals surface area contributed by atoms with Gasteiger partial charge in [0.1, 0.15) is 0 Å². The first-order chi connectivity index (χ1) is 8.97. The van der Waals surface area contributed by atoms with Crippen LogP contribution in [0.5, 0.6) is 0 Å². The van der Waals surface area contributed by atoms with Crippen LogP contribution in [-0.4, -0.2) is 27.0 Å². The molecule has 98 valence electrons. The van der Waals surface area contributed by atoms with Crippen molar-refractivity contribution in [3.63, 3.8) is 0 Å². The van der Waals surface area contributed by atoms with Gasteiger partial charge in [0, 0.05) is 10.2 Å². The lowest BCUT2D eigenvalue weighted by Crippen LogP contribution is -2.16. The molecule has 19 heavy (non-hydrogen) atoms. The van der Waals surface area contributed by atoms with Crippen LogP contribution in [0, 0.1) is 6.92 Å². The van der Waals surface area contributed by atoms with Gasteiger partial charge in [-0.15, -0.1) is 0 Å². The summed E-state index contributed by atoms with van der Waals surface area (Å²) in [4.78, 5) is 29.0. The number of rotatable bonds is 3. The Morgan fingerprint density at radius 2 is 2.11 bits per heavy atom. The molecule has 0 saturated carbocycles. The molecule has 0 radical (unpaired) electrons. The van der Waals surface area contributed by atoms with Gasteiger partial charge in [0.2, 0.25) is 0 Å². The molecule has 3 N–H and O–H groups in total. The van der Waals surface area contributed by atoms with E-state index in [0.717, 1.165) is 10.0 Å². The van der Waals surface area contributed by atoms with Crippen LogP contribution in [0.2, 0.25) is 0 Å². The maximum Gasteiger partial charge on any atom is 0.354 e. The number of aromatic amines is 1. The Bertz CT molecular complexity index is 631. The Morgan fingerprint density at radius 3 is 2.74 bits per heavy atom. The predicted octanol–water partition coefficient (Wildman–Crippen LogP) is 2.43. The van der Waals surface area contributed by atoms with E-state index in [1.165, 1.54) is 6.33 Å². The van der Waals surface area contributed by atoms with Crippen molar-refractivity contribution in [2.45, 2.75) is 6.92 Å². The van der Waals surface area contributed by atoms with Crippen LogP contribution in [0.3, 0.4) is 0 Å².